The molecule has 9 heteroatoms. The molecule has 8 nitrogen and oxygen atoms in total. The van der Waals surface area contributed by atoms with Crippen molar-refractivity contribution in [1.29, 1.82) is 0 Å². The van der Waals surface area contributed by atoms with Crippen molar-refractivity contribution < 1.29 is 22.7 Å². The number of hydrogen-bond acceptors (Lipinski definition) is 5. The first-order chi connectivity index (χ1) is 14.8. The second kappa shape index (κ2) is 10.0. The molecule has 166 valence electrons. The van der Waals surface area contributed by atoms with Gasteiger partial charge >= 0.3 is 0 Å². The first-order valence-electron chi connectivity index (χ1n) is 10.1. The van der Waals surface area contributed by atoms with Crippen molar-refractivity contribution >= 4 is 27.5 Å². The molecule has 0 aliphatic carbocycles. The monoisotopic (exact) mass is 445 g/mol. The number of carbonyl (C=O) groups is 2. The summed E-state index contributed by atoms with van der Waals surface area (Å²) in [4.78, 5) is 24.7. The van der Waals surface area contributed by atoms with Gasteiger partial charge in [0.1, 0.15) is 0 Å². The number of hydrogen-bond donors (Lipinski definition) is 3. The Morgan fingerprint density at radius 1 is 1.10 bits per heavy atom. The highest BCUT2D eigenvalue weighted by molar-refractivity contribution is 7.89. The van der Waals surface area contributed by atoms with E-state index in [9.17, 15) is 18.0 Å². The number of anilines is 1. The van der Waals surface area contributed by atoms with Crippen LogP contribution in [0.15, 0.2) is 47.4 Å². The molecule has 2 aromatic rings. The molecule has 2 amide bonds. The number of aryl methyl sites for hydroxylation is 2. The highest BCUT2D eigenvalue weighted by atomic mass is 32.2. The summed E-state index contributed by atoms with van der Waals surface area (Å²) in [6.07, 6.45) is 1.60. The van der Waals surface area contributed by atoms with E-state index >= 15 is 0 Å². The molecular formula is C22H27N3O5S. The Morgan fingerprint density at radius 3 is 2.48 bits per heavy atom. The highest BCUT2D eigenvalue weighted by Gasteiger charge is 2.21. The molecule has 3 rings (SSSR count). The number of benzene rings is 2. The van der Waals surface area contributed by atoms with E-state index in [1.54, 1.807) is 0 Å². The summed E-state index contributed by atoms with van der Waals surface area (Å²) in [6.45, 7) is 4.37. The minimum Gasteiger partial charge on any atom is -0.377 e. The van der Waals surface area contributed by atoms with E-state index in [4.69, 9.17) is 4.74 Å². The van der Waals surface area contributed by atoms with Gasteiger partial charge in [0, 0.05) is 24.4 Å². The smallest absolute Gasteiger partial charge is 0.251 e. The number of sulfonamides is 1. The van der Waals surface area contributed by atoms with Crippen LogP contribution < -0.4 is 15.4 Å². The first kappa shape index (κ1) is 22.9. The van der Waals surface area contributed by atoms with Crippen LogP contribution in [0, 0.1) is 13.8 Å². The van der Waals surface area contributed by atoms with Crippen molar-refractivity contribution in [2.75, 3.05) is 25.0 Å². The largest absolute Gasteiger partial charge is 0.377 e. The highest BCUT2D eigenvalue weighted by Crippen LogP contribution is 2.19. The van der Waals surface area contributed by atoms with Crippen LogP contribution in [0.4, 0.5) is 5.69 Å². The van der Waals surface area contributed by atoms with E-state index in [1.807, 2.05) is 32.0 Å². The van der Waals surface area contributed by atoms with Crippen molar-refractivity contribution in [1.82, 2.24) is 10.0 Å². The molecule has 0 saturated carbocycles. The van der Waals surface area contributed by atoms with Crippen LogP contribution in [-0.4, -0.2) is 46.0 Å². The predicted molar refractivity (Wildman–Crippen MR) is 117 cm³/mol. The molecule has 0 bridgehead atoms. The van der Waals surface area contributed by atoms with E-state index in [1.165, 1.54) is 24.3 Å². The van der Waals surface area contributed by atoms with Crippen LogP contribution in [0.1, 0.15) is 34.3 Å². The van der Waals surface area contributed by atoms with E-state index in [-0.39, 0.29) is 35.6 Å². The van der Waals surface area contributed by atoms with Crippen molar-refractivity contribution in [3.63, 3.8) is 0 Å². The molecule has 2 aromatic carbocycles. The zero-order chi connectivity index (χ0) is 22.4. The van der Waals surface area contributed by atoms with Crippen molar-refractivity contribution in [3.8, 4) is 0 Å². The lowest BCUT2D eigenvalue weighted by atomic mass is 10.1. The zero-order valence-electron chi connectivity index (χ0n) is 17.6. The van der Waals surface area contributed by atoms with Gasteiger partial charge in [0.2, 0.25) is 15.9 Å². The molecule has 1 saturated heterocycles. The van der Waals surface area contributed by atoms with Gasteiger partial charge in [-0.1, -0.05) is 24.3 Å². The average molecular weight is 446 g/mol. The van der Waals surface area contributed by atoms with Crippen LogP contribution in [0.2, 0.25) is 0 Å². The van der Waals surface area contributed by atoms with E-state index in [2.05, 4.69) is 15.4 Å². The summed E-state index contributed by atoms with van der Waals surface area (Å²) in [5.41, 5.74) is 2.72. The zero-order valence-corrected chi connectivity index (χ0v) is 18.4. The first-order valence-corrected chi connectivity index (χ1v) is 11.6. The third kappa shape index (κ3) is 6.13. The summed E-state index contributed by atoms with van der Waals surface area (Å²) in [6, 6.07) is 11.4. The average Bonchev–Trinajstić information content (AvgIpc) is 3.27. The van der Waals surface area contributed by atoms with Gasteiger partial charge in [0.15, 0.2) is 0 Å². The summed E-state index contributed by atoms with van der Waals surface area (Å²) >= 11 is 0. The minimum absolute atomic E-state index is 0.0156. The predicted octanol–water partition coefficient (Wildman–Crippen LogP) is 2.13. The van der Waals surface area contributed by atoms with Gasteiger partial charge in [0.25, 0.3) is 5.91 Å². The Morgan fingerprint density at radius 2 is 1.81 bits per heavy atom. The topological polar surface area (TPSA) is 114 Å². The third-order valence-corrected chi connectivity index (χ3v) is 6.51. The van der Waals surface area contributed by atoms with Gasteiger partial charge in [0.05, 0.1) is 17.5 Å². The Bertz CT molecular complexity index is 1040. The summed E-state index contributed by atoms with van der Waals surface area (Å²) in [5, 5.41) is 5.32. The maximum absolute atomic E-state index is 12.5. The second-order valence-corrected chi connectivity index (χ2v) is 9.28. The lowest BCUT2D eigenvalue weighted by Crippen LogP contribution is -2.34. The number of carbonyl (C=O) groups excluding carboxylic acids is 2. The van der Waals surface area contributed by atoms with Crippen molar-refractivity contribution in [3.05, 3.63) is 59.2 Å². The quantitative estimate of drug-likeness (QED) is 0.576. The van der Waals surface area contributed by atoms with Crippen LogP contribution in [0.25, 0.3) is 0 Å². The van der Waals surface area contributed by atoms with Crippen LogP contribution in [0.3, 0.4) is 0 Å². The number of nitrogens with one attached hydrogen (secondary N) is 3. The van der Waals surface area contributed by atoms with Gasteiger partial charge in [-0.15, -0.1) is 0 Å². The number of rotatable bonds is 8. The molecule has 1 aliphatic heterocycles. The molecule has 1 aliphatic rings. The molecule has 1 atom stereocenters. The fraction of sp³-hybridized carbons (Fsp3) is 0.364. The normalized spacial score (nSPS) is 16.1. The second-order valence-electron chi connectivity index (χ2n) is 7.51. The summed E-state index contributed by atoms with van der Waals surface area (Å²) in [5.74, 6) is -0.902. The van der Waals surface area contributed by atoms with Gasteiger partial charge in [-0.3, -0.25) is 9.59 Å². The molecule has 3 N–H and O–H groups in total. The van der Waals surface area contributed by atoms with Gasteiger partial charge in [-0.2, -0.15) is 0 Å². The molecule has 1 fully saturated rings. The lowest BCUT2D eigenvalue weighted by Gasteiger charge is -2.13. The van der Waals surface area contributed by atoms with E-state index in [0.717, 1.165) is 24.0 Å². The number of amides is 2. The maximum Gasteiger partial charge on any atom is 0.251 e. The standard InChI is InChI=1S/C22H27N3O5S/c1-15-6-3-7-16(2)21(15)25-20(26)14-23-22(27)17-8-4-10-19(12-17)31(28,29)24-13-18-9-5-11-30-18/h3-4,6-8,10,12,18,24H,5,9,11,13-14H2,1-2H3,(H,23,27)(H,25,26)/t18-/m0/s1. The van der Waals surface area contributed by atoms with E-state index < -0.39 is 15.9 Å². The SMILES string of the molecule is Cc1cccc(C)c1NC(=O)CNC(=O)c1cccc(S(=O)(=O)NC[C@@H]2CCCO2)c1. The molecule has 0 spiro atoms. The molecule has 0 radical (unpaired) electrons. The van der Waals surface area contributed by atoms with E-state index in [0.29, 0.717) is 12.3 Å². The van der Waals surface area contributed by atoms with Gasteiger partial charge in [-0.25, -0.2) is 13.1 Å². The molecule has 0 aromatic heterocycles. The molecule has 0 unspecified atom stereocenters. The van der Waals surface area contributed by atoms with Crippen molar-refractivity contribution in [2.45, 2.75) is 37.7 Å². The number of para-hydroxylation sites is 1. The third-order valence-electron chi connectivity index (χ3n) is 5.09. The van der Waals surface area contributed by atoms with Crippen LogP contribution >= 0.6 is 0 Å². The van der Waals surface area contributed by atoms with Crippen LogP contribution in [0.5, 0.6) is 0 Å². The molecule has 31 heavy (non-hydrogen) atoms. The minimum atomic E-state index is -3.77. The Hall–Kier alpha value is -2.75. The maximum atomic E-state index is 12.5. The fourth-order valence-electron chi connectivity index (χ4n) is 3.35. The Labute approximate surface area is 182 Å². The fourth-order valence-corrected chi connectivity index (χ4v) is 4.47. The Kier molecular flexibility index (Phi) is 7.42. The van der Waals surface area contributed by atoms with Gasteiger partial charge in [-0.05, 0) is 56.0 Å². The lowest BCUT2D eigenvalue weighted by molar-refractivity contribution is -0.115. The Balaban J connectivity index is 1.58. The summed E-state index contributed by atoms with van der Waals surface area (Å²) in [7, 11) is -3.77. The number of ether oxygens (including phenoxy) is 1. The molecular weight excluding hydrogens is 418 g/mol. The summed E-state index contributed by atoms with van der Waals surface area (Å²) < 4.78 is 33.0. The van der Waals surface area contributed by atoms with Crippen LogP contribution in [-0.2, 0) is 19.6 Å². The van der Waals surface area contributed by atoms with Gasteiger partial charge < -0.3 is 15.4 Å². The van der Waals surface area contributed by atoms with Crippen molar-refractivity contribution in [2.24, 2.45) is 0 Å². The molecule has 1 heterocycles.